The molecule has 0 saturated heterocycles. The molecule has 0 unspecified atom stereocenters. The number of hydrogen-bond donors (Lipinski definition) is 0. The maximum absolute atomic E-state index is 11.6. The molecular weight excluding hydrogens is 208 g/mol. The highest BCUT2D eigenvalue weighted by molar-refractivity contribution is 5.90. The third kappa shape index (κ3) is 3.29. The van der Waals surface area contributed by atoms with E-state index in [9.17, 15) is 4.79 Å². The van der Waals surface area contributed by atoms with Gasteiger partial charge in [0.2, 0.25) is 0 Å². The topological polar surface area (TPSA) is 17.1 Å². The fourth-order valence-corrected chi connectivity index (χ4v) is 2.40. The summed E-state index contributed by atoms with van der Waals surface area (Å²) < 4.78 is 0. The molecule has 0 saturated carbocycles. The molecule has 0 spiro atoms. The number of ketones is 1. The highest BCUT2D eigenvalue weighted by atomic mass is 16.1. The lowest BCUT2D eigenvalue weighted by atomic mass is 9.96. The summed E-state index contributed by atoms with van der Waals surface area (Å²) in [6, 6.07) is 6.56. The van der Waals surface area contributed by atoms with Gasteiger partial charge in [0.25, 0.3) is 0 Å². The van der Waals surface area contributed by atoms with Crippen molar-refractivity contribution < 1.29 is 4.79 Å². The molecule has 1 aliphatic carbocycles. The van der Waals surface area contributed by atoms with Crippen molar-refractivity contribution in [3.63, 3.8) is 0 Å². The summed E-state index contributed by atoms with van der Waals surface area (Å²) in [4.78, 5) is 11.6. The zero-order valence-electron chi connectivity index (χ0n) is 10.8. The molecule has 0 bridgehead atoms. The van der Waals surface area contributed by atoms with E-state index in [1.54, 1.807) is 0 Å². The van der Waals surface area contributed by atoms with Crippen molar-refractivity contribution in [2.75, 3.05) is 0 Å². The van der Waals surface area contributed by atoms with Crippen molar-refractivity contribution in [1.82, 2.24) is 0 Å². The normalized spacial score (nSPS) is 16.6. The van der Waals surface area contributed by atoms with E-state index < -0.39 is 0 Å². The minimum absolute atomic E-state index is 0.308. The second-order valence-electron chi connectivity index (χ2n) is 5.08. The molecule has 0 aliphatic heterocycles. The molecule has 0 radical (unpaired) electrons. The second kappa shape index (κ2) is 5.31. The van der Waals surface area contributed by atoms with Gasteiger partial charge in [0.1, 0.15) is 0 Å². The van der Waals surface area contributed by atoms with Gasteiger partial charge in [-0.3, -0.25) is 4.79 Å². The maximum atomic E-state index is 11.6. The molecular formula is C16H20O. The van der Waals surface area contributed by atoms with Crippen LogP contribution < -0.4 is 0 Å². The summed E-state index contributed by atoms with van der Waals surface area (Å²) in [5.41, 5.74) is 5.30. The largest absolute Gasteiger partial charge is 0.295 e. The van der Waals surface area contributed by atoms with Gasteiger partial charge in [-0.25, -0.2) is 0 Å². The van der Waals surface area contributed by atoms with Crippen LogP contribution in [0.1, 0.15) is 42.4 Å². The first-order chi connectivity index (χ1) is 8.15. The Kier molecular flexibility index (Phi) is 3.78. The Balaban J connectivity index is 2.19. The SMILES string of the molecule is Cc1ccc(C)c(CC2=CC(=O)CCCC2)c1. The predicted octanol–water partition coefficient (Wildman–Crippen LogP) is 3.92. The number of hydrogen-bond acceptors (Lipinski definition) is 1. The Morgan fingerprint density at radius 3 is 2.71 bits per heavy atom. The fraction of sp³-hybridized carbons (Fsp3) is 0.438. The third-order valence-electron chi connectivity index (χ3n) is 3.46. The summed E-state index contributed by atoms with van der Waals surface area (Å²) in [6.45, 7) is 4.27. The van der Waals surface area contributed by atoms with Crippen LogP contribution in [-0.2, 0) is 11.2 Å². The van der Waals surface area contributed by atoms with E-state index >= 15 is 0 Å². The molecule has 0 heterocycles. The van der Waals surface area contributed by atoms with Crippen LogP contribution in [0.15, 0.2) is 29.8 Å². The van der Waals surface area contributed by atoms with E-state index in [2.05, 4.69) is 32.0 Å². The van der Waals surface area contributed by atoms with E-state index in [1.807, 2.05) is 6.08 Å². The minimum atomic E-state index is 0.308. The van der Waals surface area contributed by atoms with Crippen molar-refractivity contribution in [3.8, 4) is 0 Å². The number of carbonyl (C=O) groups excluding carboxylic acids is 1. The fourth-order valence-electron chi connectivity index (χ4n) is 2.40. The first kappa shape index (κ1) is 12.1. The molecule has 0 N–H and O–H groups in total. The average Bonchev–Trinajstić information content (AvgIpc) is 2.48. The number of aryl methyl sites for hydroxylation is 2. The molecule has 90 valence electrons. The molecule has 1 aromatic carbocycles. The van der Waals surface area contributed by atoms with E-state index in [1.165, 1.54) is 22.3 Å². The van der Waals surface area contributed by atoms with Gasteiger partial charge in [0.05, 0.1) is 0 Å². The van der Waals surface area contributed by atoms with Crippen LogP contribution in [0.5, 0.6) is 0 Å². The Hall–Kier alpha value is -1.37. The standard InChI is InChI=1S/C16H20O/c1-12-7-8-13(2)15(9-12)10-14-5-3-4-6-16(17)11-14/h7-9,11H,3-6,10H2,1-2H3. The zero-order chi connectivity index (χ0) is 12.3. The molecule has 0 atom stereocenters. The van der Waals surface area contributed by atoms with E-state index in [-0.39, 0.29) is 0 Å². The smallest absolute Gasteiger partial charge is 0.155 e. The Morgan fingerprint density at radius 1 is 1.12 bits per heavy atom. The van der Waals surface area contributed by atoms with Gasteiger partial charge < -0.3 is 0 Å². The molecule has 17 heavy (non-hydrogen) atoms. The minimum Gasteiger partial charge on any atom is -0.295 e. The van der Waals surface area contributed by atoms with Crippen LogP contribution in [0.4, 0.5) is 0 Å². The van der Waals surface area contributed by atoms with Crippen LogP contribution in [0.2, 0.25) is 0 Å². The highest BCUT2D eigenvalue weighted by Gasteiger charge is 2.10. The number of carbonyl (C=O) groups is 1. The van der Waals surface area contributed by atoms with Crippen LogP contribution in [0, 0.1) is 13.8 Å². The molecule has 1 aliphatic rings. The van der Waals surface area contributed by atoms with Crippen LogP contribution in [0.25, 0.3) is 0 Å². The molecule has 1 heteroatoms. The first-order valence-electron chi connectivity index (χ1n) is 6.43. The van der Waals surface area contributed by atoms with Gasteiger partial charge in [-0.05, 0) is 56.7 Å². The van der Waals surface area contributed by atoms with Crippen LogP contribution in [-0.4, -0.2) is 5.78 Å². The van der Waals surface area contributed by atoms with E-state index in [4.69, 9.17) is 0 Å². The third-order valence-corrected chi connectivity index (χ3v) is 3.46. The summed E-state index contributed by atoms with van der Waals surface area (Å²) >= 11 is 0. The number of benzene rings is 1. The molecule has 0 aromatic heterocycles. The Labute approximate surface area is 104 Å². The average molecular weight is 228 g/mol. The van der Waals surface area contributed by atoms with Gasteiger partial charge in [0, 0.05) is 6.42 Å². The summed E-state index contributed by atoms with van der Waals surface area (Å²) in [5, 5.41) is 0. The number of rotatable bonds is 2. The van der Waals surface area contributed by atoms with Crippen LogP contribution in [0.3, 0.4) is 0 Å². The van der Waals surface area contributed by atoms with Crippen molar-refractivity contribution in [3.05, 3.63) is 46.5 Å². The molecule has 0 fully saturated rings. The highest BCUT2D eigenvalue weighted by Crippen LogP contribution is 2.21. The zero-order valence-corrected chi connectivity index (χ0v) is 10.8. The number of allylic oxidation sites excluding steroid dienone is 2. The van der Waals surface area contributed by atoms with Crippen molar-refractivity contribution in [2.24, 2.45) is 0 Å². The van der Waals surface area contributed by atoms with Crippen molar-refractivity contribution in [2.45, 2.75) is 46.0 Å². The van der Waals surface area contributed by atoms with Gasteiger partial charge in [0.15, 0.2) is 5.78 Å². The van der Waals surface area contributed by atoms with Gasteiger partial charge in [-0.15, -0.1) is 0 Å². The Bertz CT molecular complexity index is 455. The summed E-state index contributed by atoms with van der Waals surface area (Å²) in [5.74, 6) is 0.308. The van der Waals surface area contributed by atoms with Crippen molar-refractivity contribution >= 4 is 5.78 Å². The lowest BCUT2D eigenvalue weighted by Gasteiger charge is -2.09. The quantitative estimate of drug-likeness (QED) is 0.750. The van der Waals surface area contributed by atoms with Gasteiger partial charge in [-0.2, -0.15) is 0 Å². The predicted molar refractivity (Wildman–Crippen MR) is 71.2 cm³/mol. The lowest BCUT2D eigenvalue weighted by Crippen LogP contribution is -1.96. The summed E-state index contributed by atoms with van der Waals surface area (Å²) in [6.07, 6.45) is 6.84. The molecule has 2 rings (SSSR count). The van der Waals surface area contributed by atoms with Crippen molar-refractivity contribution in [1.29, 1.82) is 0 Å². The van der Waals surface area contributed by atoms with E-state index in [0.29, 0.717) is 5.78 Å². The summed E-state index contributed by atoms with van der Waals surface area (Å²) in [7, 11) is 0. The van der Waals surface area contributed by atoms with Crippen LogP contribution >= 0.6 is 0 Å². The second-order valence-corrected chi connectivity index (χ2v) is 5.08. The van der Waals surface area contributed by atoms with Gasteiger partial charge >= 0.3 is 0 Å². The molecule has 1 aromatic rings. The first-order valence-corrected chi connectivity index (χ1v) is 6.43. The molecule has 0 amide bonds. The Morgan fingerprint density at radius 2 is 1.88 bits per heavy atom. The lowest BCUT2D eigenvalue weighted by molar-refractivity contribution is -0.114. The monoisotopic (exact) mass is 228 g/mol. The molecule has 1 nitrogen and oxygen atoms in total. The van der Waals surface area contributed by atoms with Gasteiger partial charge in [-0.1, -0.05) is 29.3 Å². The maximum Gasteiger partial charge on any atom is 0.155 e. The van der Waals surface area contributed by atoms with E-state index in [0.717, 1.165) is 32.1 Å².